The normalized spacial score (nSPS) is 17.4. The fourth-order valence-corrected chi connectivity index (χ4v) is 3.22. The van der Waals surface area contributed by atoms with E-state index in [4.69, 9.17) is 0 Å². The Hall–Kier alpha value is -2.70. The van der Waals surface area contributed by atoms with Crippen LogP contribution in [0.5, 0.6) is 0 Å². The molecule has 1 unspecified atom stereocenters. The number of carbonyl (C=O) groups excluding carboxylic acids is 2. The topological polar surface area (TPSA) is 67.2 Å². The van der Waals surface area contributed by atoms with E-state index in [2.05, 4.69) is 10.3 Å². The fourth-order valence-electron chi connectivity index (χ4n) is 3.22. The number of nitrogens with one attached hydrogen (secondary N) is 1. The first-order valence-corrected chi connectivity index (χ1v) is 8.35. The highest BCUT2D eigenvalue weighted by atomic mass is 19.1. The van der Waals surface area contributed by atoms with E-state index >= 15 is 0 Å². The van der Waals surface area contributed by atoms with Crippen molar-refractivity contribution in [3.8, 4) is 5.69 Å². The summed E-state index contributed by atoms with van der Waals surface area (Å²) >= 11 is 0. The molecule has 2 aromatic rings. The molecule has 0 aliphatic carbocycles. The Morgan fingerprint density at radius 3 is 2.76 bits per heavy atom. The summed E-state index contributed by atoms with van der Waals surface area (Å²) in [5.74, 6) is -0.168. The number of piperidine rings is 1. The molecule has 1 aromatic carbocycles. The van der Waals surface area contributed by atoms with E-state index in [1.54, 1.807) is 40.9 Å². The van der Waals surface area contributed by atoms with E-state index in [0.717, 1.165) is 12.8 Å². The fraction of sp³-hybridized carbons (Fsp3) is 0.389. The van der Waals surface area contributed by atoms with Gasteiger partial charge in [-0.3, -0.25) is 9.59 Å². The van der Waals surface area contributed by atoms with Crippen molar-refractivity contribution in [3.63, 3.8) is 0 Å². The molecule has 0 bridgehead atoms. The number of likely N-dealkylation sites (tertiary alicyclic amines) is 1. The second kappa shape index (κ2) is 7.04. The largest absolute Gasteiger partial charge is 0.331 e. The molecule has 1 N–H and O–H groups in total. The third-order valence-electron chi connectivity index (χ3n) is 4.51. The van der Waals surface area contributed by atoms with E-state index in [0.29, 0.717) is 30.2 Å². The number of hydrogen-bond acceptors (Lipinski definition) is 3. The molecule has 1 saturated heterocycles. The van der Waals surface area contributed by atoms with Crippen LogP contribution in [0.15, 0.2) is 30.6 Å². The van der Waals surface area contributed by atoms with Crippen molar-refractivity contribution >= 4 is 17.5 Å². The Kier molecular flexibility index (Phi) is 4.83. The highest BCUT2D eigenvalue weighted by molar-refractivity contribution is 5.97. The van der Waals surface area contributed by atoms with Gasteiger partial charge in [-0.15, -0.1) is 0 Å². The Balaban J connectivity index is 1.77. The van der Waals surface area contributed by atoms with Crippen molar-refractivity contribution in [2.45, 2.75) is 39.2 Å². The SMILES string of the molecule is CC(=O)N1CCCCC1C(=O)Nc1ccc(-n2ccnc2C)c(F)c1. The number of hydrogen-bond donors (Lipinski definition) is 1. The first-order valence-electron chi connectivity index (χ1n) is 8.35. The Labute approximate surface area is 145 Å². The lowest BCUT2D eigenvalue weighted by atomic mass is 10.0. The van der Waals surface area contributed by atoms with Gasteiger partial charge in [0.05, 0.1) is 5.69 Å². The van der Waals surface area contributed by atoms with E-state index in [9.17, 15) is 14.0 Å². The van der Waals surface area contributed by atoms with Crippen LogP contribution in [0.1, 0.15) is 32.0 Å². The van der Waals surface area contributed by atoms with Gasteiger partial charge in [-0.25, -0.2) is 9.37 Å². The Morgan fingerprint density at radius 2 is 2.12 bits per heavy atom. The van der Waals surface area contributed by atoms with Gasteiger partial charge in [0.15, 0.2) is 0 Å². The van der Waals surface area contributed by atoms with Crippen molar-refractivity contribution in [1.29, 1.82) is 0 Å². The molecule has 2 heterocycles. The number of rotatable bonds is 3. The summed E-state index contributed by atoms with van der Waals surface area (Å²) in [6, 6.07) is 4.04. The molecule has 2 amide bonds. The molecule has 0 spiro atoms. The van der Waals surface area contributed by atoms with Gasteiger partial charge in [0.1, 0.15) is 17.7 Å². The minimum atomic E-state index is -0.495. The number of aryl methyl sites for hydroxylation is 1. The standard InChI is InChI=1S/C18H21FN4O2/c1-12-20-8-10-22(12)16-7-6-14(11-15(16)19)21-18(25)17-5-3-4-9-23(17)13(2)24/h6-8,10-11,17H,3-5,9H2,1-2H3,(H,21,25). The van der Waals surface area contributed by atoms with Crippen molar-refractivity contribution in [2.75, 3.05) is 11.9 Å². The molecular formula is C18H21FN4O2. The highest BCUT2D eigenvalue weighted by Crippen LogP contribution is 2.22. The average Bonchev–Trinajstić information content (AvgIpc) is 3.01. The maximum absolute atomic E-state index is 14.4. The third-order valence-corrected chi connectivity index (χ3v) is 4.51. The van der Waals surface area contributed by atoms with Crippen LogP contribution < -0.4 is 5.32 Å². The van der Waals surface area contributed by atoms with E-state index in [1.165, 1.54) is 13.0 Å². The van der Waals surface area contributed by atoms with Crippen LogP contribution in [0.4, 0.5) is 10.1 Å². The number of amides is 2. The summed E-state index contributed by atoms with van der Waals surface area (Å²) in [6.45, 7) is 3.84. The van der Waals surface area contributed by atoms with Gasteiger partial charge in [0.25, 0.3) is 0 Å². The number of imidazole rings is 1. The summed E-state index contributed by atoms with van der Waals surface area (Å²) in [5.41, 5.74) is 0.745. The number of nitrogens with zero attached hydrogens (tertiary/aromatic N) is 3. The average molecular weight is 344 g/mol. The summed E-state index contributed by atoms with van der Waals surface area (Å²) in [6.07, 6.45) is 5.70. The summed E-state index contributed by atoms with van der Waals surface area (Å²) in [5, 5.41) is 2.73. The maximum atomic E-state index is 14.4. The summed E-state index contributed by atoms with van der Waals surface area (Å²) in [7, 11) is 0. The minimum Gasteiger partial charge on any atom is -0.331 e. The predicted molar refractivity (Wildman–Crippen MR) is 91.9 cm³/mol. The number of aromatic nitrogens is 2. The monoisotopic (exact) mass is 344 g/mol. The predicted octanol–water partition coefficient (Wildman–Crippen LogP) is 2.66. The van der Waals surface area contributed by atoms with Gasteiger partial charge in [0.2, 0.25) is 11.8 Å². The summed E-state index contributed by atoms with van der Waals surface area (Å²) < 4.78 is 16.1. The zero-order valence-electron chi connectivity index (χ0n) is 14.3. The molecule has 25 heavy (non-hydrogen) atoms. The molecule has 1 aliphatic heterocycles. The van der Waals surface area contributed by atoms with Gasteiger partial charge in [-0.05, 0) is 44.4 Å². The van der Waals surface area contributed by atoms with Crippen molar-refractivity contribution < 1.29 is 14.0 Å². The zero-order valence-corrected chi connectivity index (χ0v) is 14.3. The van der Waals surface area contributed by atoms with Crippen LogP contribution in [0, 0.1) is 12.7 Å². The van der Waals surface area contributed by atoms with Crippen molar-refractivity contribution in [1.82, 2.24) is 14.5 Å². The van der Waals surface area contributed by atoms with Crippen LogP contribution in [0.25, 0.3) is 5.69 Å². The molecule has 0 saturated carbocycles. The molecule has 1 aliphatic rings. The van der Waals surface area contributed by atoms with E-state index in [1.807, 2.05) is 0 Å². The summed E-state index contributed by atoms with van der Waals surface area (Å²) in [4.78, 5) is 29.9. The molecule has 132 valence electrons. The van der Waals surface area contributed by atoms with Gasteiger partial charge in [0, 0.05) is 31.5 Å². The van der Waals surface area contributed by atoms with Gasteiger partial charge < -0.3 is 14.8 Å². The Morgan fingerprint density at radius 1 is 1.32 bits per heavy atom. The number of halogens is 1. The minimum absolute atomic E-state index is 0.114. The van der Waals surface area contributed by atoms with Crippen LogP contribution >= 0.6 is 0 Å². The Bertz CT molecular complexity index is 802. The zero-order chi connectivity index (χ0) is 18.0. The van der Waals surface area contributed by atoms with Crippen LogP contribution in [-0.4, -0.2) is 38.9 Å². The first kappa shape index (κ1) is 17.1. The molecule has 6 nitrogen and oxygen atoms in total. The highest BCUT2D eigenvalue weighted by Gasteiger charge is 2.30. The molecular weight excluding hydrogens is 323 g/mol. The van der Waals surface area contributed by atoms with Crippen LogP contribution in [-0.2, 0) is 9.59 Å². The number of anilines is 1. The van der Waals surface area contributed by atoms with E-state index < -0.39 is 11.9 Å². The molecule has 1 atom stereocenters. The van der Waals surface area contributed by atoms with Crippen molar-refractivity contribution in [3.05, 3.63) is 42.2 Å². The molecule has 7 heteroatoms. The second-order valence-electron chi connectivity index (χ2n) is 6.22. The van der Waals surface area contributed by atoms with Gasteiger partial charge in [-0.1, -0.05) is 0 Å². The molecule has 3 rings (SSSR count). The number of carbonyl (C=O) groups is 2. The lowest BCUT2D eigenvalue weighted by molar-refractivity contribution is -0.138. The van der Waals surface area contributed by atoms with Crippen LogP contribution in [0.2, 0.25) is 0 Å². The maximum Gasteiger partial charge on any atom is 0.247 e. The van der Waals surface area contributed by atoms with Gasteiger partial charge >= 0.3 is 0 Å². The van der Waals surface area contributed by atoms with Gasteiger partial charge in [-0.2, -0.15) is 0 Å². The smallest absolute Gasteiger partial charge is 0.247 e. The molecule has 1 aromatic heterocycles. The van der Waals surface area contributed by atoms with Crippen molar-refractivity contribution in [2.24, 2.45) is 0 Å². The second-order valence-corrected chi connectivity index (χ2v) is 6.22. The van der Waals surface area contributed by atoms with E-state index in [-0.39, 0.29) is 11.8 Å². The van der Waals surface area contributed by atoms with Crippen LogP contribution in [0.3, 0.4) is 0 Å². The number of benzene rings is 1. The quantitative estimate of drug-likeness (QED) is 0.931. The first-order chi connectivity index (χ1) is 12.0. The molecule has 1 fully saturated rings. The molecule has 0 radical (unpaired) electrons. The third kappa shape index (κ3) is 3.55. The lowest BCUT2D eigenvalue weighted by Gasteiger charge is -2.33. The lowest BCUT2D eigenvalue weighted by Crippen LogP contribution is -2.49.